The molecule has 0 atom stereocenters. The first-order chi connectivity index (χ1) is 7.88. The Morgan fingerprint density at radius 3 is 2.53 bits per heavy atom. The lowest BCUT2D eigenvalue weighted by molar-refractivity contribution is 0.273. The third-order valence-electron chi connectivity index (χ3n) is 3.37. The second-order valence-corrected chi connectivity index (χ2v) is 9.72. The second kappa shape index (κ2) is 6.00. The minimum absolute atomic E-state index is 0.209. The average molecular weight is 319 g/mol. The predicted molar refractivity (Wildman–Crippen MR) is 77.4 cm³/mol. The number of halogens is 2. The van der Waals surface area contributed by atoms with Gasteiger partial charge in [-0.25, -0.2) is 4.39 Å². The van der Waals surface area contributed by atoms with Gasteiger partial charge in [-0.1, -0.05) is 48.9 Å². The fourth-order valence-corrected chi connectivity index (χ4v) is 2.20. The molecule has 0 radical (unpaired) electrons. The van der Waals surface area contributed by atoms with Crippen LogP contribution in [-0.2, 0) is 5.33 Å². The highest BCUT2D eigenvalue weighted by Crippen LogP contribution is 2.31. The van der Waals surface area contributed by atoms with Gasteiger partial charge in [0.25, 0.3) is 0 Å². The Hall–Kier alpha value is -0.353. The Morgan fingerprint density at radius 1 is 1.35 bits per heavy atom. The van der Waals surface area contributed by atoms with E-state index in [1.165, 1.54) is 6.07 Å². The molecule has 1 aromatic rings. The highest BCUT2D eigenvalue weighted by atomic mass is 79.9. The fraction of sp³-hybridized carbons (Fsp3) is 0.538. The maximum absolute atomic E-state index is 13.5. The molecule has 17 heavy (non-hydrogen) atoms. The van der Waals surface area contributed by atoms with Crippen LogP contribution in [0.3, 0.4) is 0 Å². The van der Waals surface area contributed by atoms with Crippen LogP contribution in [0.15, 0.2) is 18.2 Å². The lowest BCUT2D eigenvalue weighted by atomic mass is 10.2. The van der Waals surface area contributed by atoms with Crippen LogP contribution in [0.25, 0.3) is 0 Å². The summed E-state index contributed by atoms with van der Waals surface area (Å²) in [4.78, 5) is 0. The van der Waals surface area contributed by atoms with Gasteiger partial charge in [-0.3, -0.25) is 0 Å². The molecule has 1 aromatic carbocycles. The van der Waals surface area contributed by atoms with E-state index in [0.29, 0.717) is 23.2 Å². The monoisotopic (exact) mass is 318 g/mol. The van der Waals surface area contributed by atoms with Gasteiger partial charge in [0.05, 0.1) is 6.61 Å². The van der Waals surface area contributed by atoms with Crippen molar-refractivity contribution in [2.45, 2.75) is 37.3 Å². The number of hydrogen-bond donors (Lipinski definition) is 0. The molecule has 0 aliphatic heterocycles. The molecule has 0 spiro atoms. The summed E-state index contributed by atoms with van der Waals surface area (Å²) >= 11 is 3.30. The molecule has 0 saturated heterocycles. The molecule has 0 amide bonds. The van der Waals surface area contributed by atoms with Crippen LogP contribution in [0, 0.1) is 5.82 Å². The number of ether oxygens (including phenoxy) is 1. The largest absolute Gasteiger partial charge is 0.493 e. The Labute approximate surface area is 113 Å². The number of hydrogen-bond acceptors (Lipinski definition) is 1. The lowest BCUT2D eigenvalue weighted by Crippen LogP contribution is -2.27. The molecular formula is C13H20BrFOSi. The average Bonchev–Trinajstić information content (AvgIpc) is 2.26. The van der Waals surface area contributed by atoms with Crippen molar-refractivity contribution in [3.8, 4) is 5.75 Å². The van der Waals surface area contributed by atoms with E-state index in [9.17, 15) is 4.39 Å². The summed E-state index contributed by atoms with van der Waals surface area (Å²) in [5.74, 6) is 0.448. The molecule has 0 N–H and O–H groups in total. The molecular weight excluding hydrogens is 299 g/mol. The van der Waals surface area contributed by atoms with Crippen molar-refractivity contribution >= 4 is 24.7 Å². The molecule has 4 heteroatoms. The van der Waals surface area contributed by atoms with Crippen molar-refractivity contribution in [3.05, 3.63) is 29.6 Å². The normalized spacial score (nSPS) is 11.9. The topological polar surface area (TPSA) is 9.23 Å². The zero-order valence-electron chi connectivity index (χ0n) is 10.9. The van der Waals surface area contributed by atoms with Crippen LogP contribution in [0.2, 0.25) is 18.1 Å². The molecule has 0 bridgehead atoms. The van der Waals surface area contributed by atoms with Crippen molar-refractivity contribution in [3.63, 3.8) is 0 Å². The van der Waals surface area contributed by atoms with E-state index in [0.717, 1.165) is 0 Å². The second-order valence-electron chi connectivity index (χ2n) is 5.28. The van der Waals surface area contributed by atoms with Gasteiger partial charge in [-0.15, -0.1) is 0 Å². The summed E-state index contributed by atoms with van der Waals surface area (Å²) in [6.45, 7) is 9.70. The van der Waals surface area contributed by atoms with Gasteiger partial charge in [0.15, 0.2) is 0 Å². The van der Waals surface area contributed by atoms with Crippen LogP contribution < -0.4 is 4.74 Å². The van der Waals surface area contributed by atoms with E-state index >= 15 is 0 Å². The van der Waals surface area contributed by atoms with Gasteiger partial charge in [0.2, 0.25) is 0 Å². The van der Waals surface area contributed by atoms with Crippen molar-refractivity contribution in [2.24, 2.45) is 0 Å². The molecule has 1 nitrogen and oxygen atoms in total. The summed E-state index contributed by atoms with van der Waals surface area (Å²) in [6, 6.07) is 4.99. The molecule has 96 valence electrons. The number of rotatable bonds is 5. The quantitative estimate of drug-likeness (QED) is 0.578. The van der Waals surface area contributed by atoms with Gasteiger partial charge >= 0.3 is 0 Å². The predicted octanol–water partition coefficient (Wildman–Crippen LogP) is 4.37. The first-order valence-corrected chi connectivity index (χ1v) is 9.85. The zero-order valence-corrected chi connectivity index (χ0v) is 13.6. The van der Waals surface area contributed by atoms with Gasteiger partial charge in [-0.05, 0) is 17.2 Å². The van der Waals surface area contributed by atoms with E-state index in [1.54, 1.807) is 6.07 Å². The van der Waals surface area contributed by atoms with Crippen LogP contribution in [-0.4, -0.2) is 15.4 Å². The summed E-state index contributed by atoms with van der Waals surface area (Å²) in [6.07, 6.45) is 0. The molecule has 0 aromatic heterocycles. The van der Waals surface area contributed by atoms with Gasteiger partial charge in [0, 0.05) is 19.7 Å². The highest BCUT2D eigenvalue weighted by molar-refractivity contribution is 9.08. The maximum Gasteiger partial charge on any atom is 0.130 e. The molecule has 0 aliphatic carbocycles. The molecule has 0 fully saturated rings. The fourth-order valence-electron chi connectivity index (χ4n) is 1.23. The first-order valence-electron chi connectivity index (χ1n) is 5.84. The van der Waals surface area contributed by atoms with Crippen LogP contribution in [0.5, 0.6) is 5.75 Å². The minimum Gasteiger partial charge on any atom is -0.493 e. The smallest absolute Gasteiger partial charge is 0.130 e. The van der Waals surface area contributed by atoms with Gasteiger partial charge < -0.3 is 4.74 Å². The van der Waals surface area contributed by atoms with Crippen molar-refractivity contribution in [1.82, 2.24) is 0 Å². The third-order valence-corrected chi connectivity index (χ3v) is 7.23. The molecule has 0 saturated carbocycles. The van der Waals surface area contributed by atoms with Crippen LogP contribution >= 0.6 is 15.9 Å². The summed E-state index contributed by atoms with van der Waals surface area (Å²) in [5.41, 5.74) is 0.605. The van der Waals surface area contributed by atoms with Gasteiger partial charge in [-0.2, -0.15) is 0 Å². The summed E-state index contributed by atoms with van der Waals surface area (Å²) in [5, 5.41) is 0.699. The van der Waals surface area contributed by atoms with Crippen molar-refractivity contribution in [2.75, 3.05) is 6.61 Å². The SMILES string of the molecule is C[SiH](C)C(C)(C)COc1cccc(F)c1CBr. The van der Waals surface area contributed by atoms with E-state index in [2.05, 4.69) is 42.9 Å². The highest BCUT2D eigenvalue weighted by Gasteiger charge is 2.24. The minimum atomic E-state index is -0.788. The van der Waals surface area contributed by atoms with E-state index < -0.39 is 8.80 Å². The number of benzene rings is 1. The molecule has 1 rings (SSSR count). The Morgan fingerprint density at radius 2 is 2.00 bits per heavy atom. The van der Waals surface area contributed by atoms with Crippen LogP contribution in [0.4, 0.5) is 4.39 Å². The lowest BCUT2D eigenvalue weighted by Gasteiger charge is -2.28. The van der Waals surface area contributed by atoms with E-state index in [1.807, 2.05) is 6.07 Å². The molecule has 0 aliphatic rings. The Balaban J connectivity index is 2.79. The van der Waals surface area contributed by atoms with E-state index in [4.69, 9.17) is 4.74 Å². The van der Waals surface area contributed by atoms with Crippen molar-refractivity contribution < 1.29 is 9.13 Å². The number of alkyl halides is 1. The summed E-state index contributed by atoms with van der Waals surface area (Å²) in [7, 11) is -0.788. The maximum atomic E-state index is 13.5. The van der Waals surface area contributed by atoms with Crippen molar-refractivity contribution in [1.29, 1.82) is 0 Å². The Kier molecular flexibility index (Phi) is 5.19. The Bertz CT molecular complexity index is 380. The van der Waals surface area contributed by atoms with Gasteiger partial charge in [0.1, 0.15) is 11.6 Å². The summed E-state index contributed by atoms with van der Waals surface area (Å²) < 4.78 is 19.3. The van der Waals surface area contributed by atoms with E-state index in [-0.39, 0.29) is 10.9 Å². The zero-order chi connectivity index (χ0) is 13.1. The third kappa shape index (κ3) is 3.81. The van der Waals surface area contributed by atoms with Crippen LogP contribution in [0.1, 0.15) is 19.4 Å². The first kappa shape index (κ1) is 14.7. The molecule has 0 unspecified atom stereocenters. The molecule has 0 heterocycles. The standard InChI is InChI=1S/C13H20BrFOSi/c1-13(2,17(3)4)9-16-12-7-5-6-11(15)10(12)8-14/h5-7,17H,8-9H2,1-4H3.